The van der Waals surface area contributed by atoms with Gasteiger partial charge in [0.25, 0.3) is 0 Å². The van der Waals surface area contributed by atoms with Crippen molar-refractivity contribution in [3.8, 4) is 22.1 Å². The van der Waals surface area contributed by atoms with Gasteiger partial charge in [-0.2, -0.15) is 0 Å². The van der Waals surface area contributed by atoms with E-state index in [2.05, 4.69) is 10.3 Å². The van der Waals surface area contributed by atoms with Crippen molar-refractivity contribution in [2.75, 3.05) is 0 Å². The summed E-state index contributed by atoms with van der Waals surface area (Å²) in [6, 6.07) is 5.49. The van der Waals surface area contributed by atoms with E-state index in [-0.39, 0.29) is 11.5 Å². The molecule has 1 saturated carbocycles. The van der Waals surface area contributed by atoms with Gasteiger partial charge in [-0.15, -0.1) is 11.3 Å². The van der Waals surface area contributed by atoms with Crippen molar-refractivity contribution < 1.29 is 10.2 Å². The first kappa shape index (κ1) is 12.4. The van der Waals surface area contributed by atoms with Crippen LogP contribution < -0.4 is 5.32 Å². The average Bonchev–Trinajstić information content (AvgIpc) is 3.14. The number of nitrogens with zero attached hydrogens (tertiary/aromatic N) is 1. The number of phenolic OH excluding ortho intramolecular Hbond substituents is 2. The minimum atomic E-state index is -0.108. The summed E-state index contributed by atoms with van der Waals surface area (Å²) >= 11 is 1.63. The molecule has 0 aliphatic heterocycles. The van der Waals surface area contributed by atoms with E-state index in [4.69, 9.17) is 0 Å². The van der Waals surface area contributed by atoms with Crippen LogP contribution in [0.25, 0.3) is 10.6 Å². The molecule has 4 nitrogen and oxygen atoms in total. The first-order valence-corrected chi connectivity index (χ1v) is 7.17. The number of phenols is 2. The molecule has 1 aliphatic rings. The van der Waals surface area contributed by atoms with Gasteiger partial charge < -0.3 is 15.5 Å². The molecule has 19 heavy (non-hydrogen) atoms. The van der Waals surface area contributed by atoms with Crippen LogP contribution in [-0.4, -0.2) is 21.2 Å². The molecule has 1 aromatic carbocycles. The smallest absolute Gasteiger partial charge is 0.158 e. The second-order valence-corrected chi connectivity index (χ2v) is 5.97. The molecule has 100 valence electrons. The number of rotatable bonds is 4. The molecule has 0 spiro atoms. The molecule has 0 unspecified atom stereocenters. The number of nitrogens with one attached hydrogen (secondary N) is 1. The maximum absolute atomic E-state index is 9.54. The predicted octanol–water partition coefficient (Wildman–Crippen LogP) is 2.78. The van der Waals surface area contributed by atoms with E-state index in [1.807, 2.05) is 6.92 Å². The van der Waals surface area contributed by atoms with E-state index in [1.165, 1.54) is 23.8 Å². The second-order valence-electron chi connectivity index (χ2n) is 4.89. The van der Waals surface area contributed by atoms with Gasteiger partial charge >= 0.3 is 0 Å². The summed E-state index contributed by atoms with van der Waals surface area (Å²) < 4.78 is 0. The molecular weight excluding hydrogens is 260 g/mol. The van der Waals surface area contributed by atoms with Gasteiger partial charge in [-0.1, -0.05) is 0 Å². The lowest BCUT2D eigenvalue weighted by Crippen LogP contribution is -2.14. The highest BCUT2D eigenvalue weighted by molar-refractivity contribution is 7.15. The summed E-state index contributed by atoms with van der Waals surface area (Å²) in [5, 5.41) is 23.2. The zero-order chi connectivity index (χ0) is 13.4. The lowest BCUT2D eigenvalue weighted by Gasteiger charge is -2.00. The summed E-state index contributed by atoms with van der Waals surface area (Å²) in [6.45, 7) is 2.86. The van der Waals surface area contributed by atoms with E-state index in [1.54, 1.807) is 23.5 Å². The first-order valence-electron chi connectivity index (χ1n) is 6.35. The van der Waals surface area contributed by atoms with Crippen LogP contribution in [0.1, 0.15) is 23.4 Å². The number of aromatic nitrogens is 1. The van der Waals surface area contributed by atoms with Crippen molar-refractivity contribution >= 4 is 11.3 Å². The van der Waals surface area contributed by atoms with Gasteiger partial charge in [-0.25, -0.2) is 4.98 Å². The number of hydrogen-bond acceptors (Lipinski definition) is 5. The van der Waals surface area contributed by atoms with E-state index in [9.17, 15) is 10.2 Å². The molecule has 0 radical (unpaired) electrons. The molecule has 1 aromatic heterocycles. The summed E-state index contributed by atoms with van der Waals surface area (Å²) in [6.07, 6.45) is 2.55. The van der Waals surface area contributed by atoms with Crippen LogP contribution in [0.3, 0.4) is 0 Å². The largest absolute Gasteiger partial charge is 0.504 e. The third-order valence-electron chi connectivity index (χ3n) is 3.24. The molecule has 0 bridgehead atoms. The van der Waals surface area contributed by atoms with Crippen LogP contribution >= 0.6 is 11.3 Å². The van der Waals surface area contributed by atoms with Crippen molar-refractivity contribution in [1.82, 2.24) is 10.3 Å². The fourth-order valence-electron chi connectivity index (χ4n) is 1.90. The molecule has 0 amide bonds. The quantitative estimate of drug-likeness (QED) is 0.751. The van der Waals surface area contributed by atoms with E-state index in [0.29, 0.717) is 6.04 Å². The van der Waals surface area contributed by atoms with Crippen molar-refractivity contribution in [2.24, 2.45) is 0 Å². The summed E-state index contributed by atoms with van der Waals surface area (Å²) in [7, 11) is 0. The van der Waals surface area contributed by atoms with Gasteiger partial charge in [0, 0.05) is 23.0 Å². The normalized spacial score (nSPS) is 14.8. The molecule has 2 aromatic rings. The molecular formula is C14H16N2O2S. The maximum atomic E-state index is 9.54. The predicted molar refractivity (Wildman–Crippen MR) is 75.5 cm³/mol. The van der Waals surface area contributed by atoms with E-state index >= 15 is 0 Å². The lowest BCUT2D eigenvalue weighted by molar-refractivity contribution is 0.404. The van der Waals surface area contributed by atoms with Gasteiger partial charge in [-0.3, -0.25) is 0 Å². The average molecular weight is 276 g/mol. The third kappa shape index (κ3) is 2.72. The Bertz CT molecular complexity index is 605. The number of aryl methyl sites for hydroxylation is 1. The minimum Gasteiger partial charge on any atom is -0.504 e. The zero-order valence-corrected chi connectivity index (χ0v) is 11.5. The van der Waals surface area contributed by atoms with Crippen LogP contribution in [0, 0.1) is 6.92 Å². The van der Waals surface area contributed by atoms with Gasteiger partial charge in [0.2, 0.25) is 0 Å². The van der Waals surface area contributed by atoms with Crippen LogP contribution in [-0.2, 0) is 6.54 Å². The highest BCUT2D eigenvalue weighted by Gasteiger charge is 2.21. The first-order chi connectivity index (χ1) is 9.13. The fraction of sp³-hybridized carbons (Fsp3) is 0.357. The van der Waals surface area contributed by atoms with Crippen molar-refractivity contribution in [3.05, 3.63) is 28.8 Å². The van der Waals surface area contributed by atoms with E-state index in [0.717, 1.165) is 22.8 Å². The molecule has 0 saturated heterocycles. The minimum absolute atomic E-state index is 0.104. The number of benzene rings is 1. The molecule has 1 fully saturated rings. The van der Waals surface area contributed by atoms with Crippen LogP contribution in [0.15, 0.2) is 18.2 Å². The zero-order valence-electron chi connectivity index (χ0n) is 10.7. The maximum Gasteiger partial charge on any atom is 0.158 e. The van der Waals surface area contributed by atoms with Crippen molar-refractivity contribution in [1.29, 1.82) is 0 Å². The molecule has 1 heterocycles. The Morgan fingerprint density at radius 2 is 2.11 bits per heavy atom. The Hall–Kier alpha value is -1.59. The highest BCUT2D eigenvalue weighted by Crippen LogP contribution is 2.34. The topological polar surface area (TPSA) is 65.4 Å². The summed E-state index contributed by atoms with van der Waals surface area (Å²) in [4.78, 5) is 5.77. The fourth-order valence-corrected chi connectivity index (χ4v) is 2.91. The van der Waals surface area contributed by atoms with Gasteiger partial charge in [0.1, 0.15) is 5.01 Å². The number of aromatic hydroxyl groups is 2. The third-order valence-corrected chi connectivity index (χ3v) is 4.45. The molecule has 5 heteroatoms. The van der Waals surface area contributed by atoms with Gasteiger partial charge in [-0.05, 0) is 38.0 Å². The van der Waals surface area contributed by atoms with Crippen LogP contribution in [0.2, 0.25) is 0 Å². The molecule has 0 atom stereocenters. The van der Waals surface area contributed by atoms with Gasteiger partial charge in [0.05, 0.1) is 5.69 Å². The number of hydrogen-bond donors (Lipinski definition) is 3. The number of thiazole rings is 1. The molecule has 3 rings (SSSR count). The standard InChI is InChI=1S/C14H16N2O2S/c1-8-13(7-15-10-3-4-10)19-14(16-8)9-2-5-11(17)12(18)6-9/h2,5-6,10,15,17-18H,3-4,7H2,1H3. The molecule has 1 aliphatic carbocycles. The van der Waals surface area contributed by atoms with Crippen molar-refractivity contribution in [2.45, 2.75) is 32.4 Å². The monoisotopic (exact) mass is 276 g/mol. The Labute approximate surface area is 115 Å². The SMILES string of the molecule is Cc1nc(-c2ccc(O)c(O)c2)sc1CNC1CC1. The second kappa shape index (κ2) is 4.83. The van der Waals surface area contributed by atoms with E-state index < -0.39 is 0 Å². The Kier molecular flexibility index (Phi) is 3.16. The highest BCUT2D eigenvalue weighted by atomic mass is 32.1. The van der Waals surface area contributed by atoms with Gasteiger partial charge in [0.15, 0.2) is 11.5 Å². The summed E-state index contributed by atoms with van der Waals surface area (Å²) in [5.41, 5.74) is 1.86. The van der Waals surface area contributed by atoms with Crippen LogP contribution in [0.5, 0.6) is 11.5 Å². The Morgan fingerprint density at radius 1 is 1.32 bits per heavy atom. The Morgan fingerprint density at radius 3 is 2.79 bits per heavy atom. The lowest BCUT2D eigenvalue weighted by atomic mass is 10.2. The van der Waals surface area contributed by atoms with Crippen molar-refractivity contribution in [3.63, 3.8) is 0 Å². The summed E-state index contributed by atoms with van der Waals surface area (Å²) in [5.74, 6) is -0.212. The molecule has 3 N–H and O–H groups in total. The Balaban J connectivity index is 1.83. The van der Waals surface area contributed by atoms with Crippen LogP contribution in [0.4, 0.5) is 0 Å².